The zero-order chi connectivity index (χ0) is 8.27. The molecule has 1 rings (SSSR count). The number of anilines is 1. The van der Waals surface area contributed by atoms with E-state index >= 15 is 0 Å². The van der Waals surface area contributed by atoms with Crippen LogP contribution in [0.2, 0.25) is 6.55 Å². The van der Waals surface area contributed by atoms with Gasteiger partial charge < -0.3 is 10.5 Å². The highest BCUT2D eigenvalue weighted by atomic mass is 28.2. The number of nitrogen functional groups attached to an aromatic ring is 1. The normalized spacial score (nSPS) is 10.7. The molecule has 60 valence electrons. The first-order valence-corrected chi connectivity index (χ1v) is 5.82. The van der Waals surface area contributed by atoms with Crippen molar-refractivity contribution in [1.82, 2.24) is 0 Å². The summed E-state index contributed by atoms with van der Waals surface area (Å²) in [6, 6.07) is 5.83. The lowest BCUT2D eigenvalue weighted by atomic mass is 10.3. The Kier molecular flexibility index (Phi) is 2.54. The van der Waals surface area contributed by atoms with E-state index in [9.17, 15) is 0 Å². The van der Waals surface area contributed by atoms with Gasteiger partial charge in [0.1, 0.15) is 5.75 Å². The molecule has 0 aliphatic heterocycles. The van der Waals surface area contributed by atoms with E-state index in [0.717, 1.165) is 11.4 Å². The van der Waals surface area contributed by atoms with Gasteiger partial charge in [-0.05, 0) is 23.4 Å². The summed E-state index contributed by atoms with van der Waals surface area (Å²) in [4.78, 5) is 0. The number of ether oxygens (including phenoxy) is 1. The van der Waals surface area contributed by atoms with Crippen LogP contribution in [0, 0.1) is 0 Å². The molecule has 0 spiro atoms. The second-order valence-electron chi connectivity index (χ2n) is 2.42. The van der Waals surface area contributed by atoms with Crippen LogP contribution in [0.5, 0.6) is 5.75 Å². The molecule has 1 aromatic rings. The molecule has 2 nitrogen and oxygen atoms in total. The minimum atomic E-state index is -0.173. The average Bonchev–Trinajstić information content (AvgIpc) is 2.05. The van der Waals surface area contributed by atoms with Gasteiger partial charge in [0.25, 0.3) is 0 Å². The third-order valence-corrected chi connectivity index (χ3v) is 3.11. The summed E-state index contributed by atoms with van der Waals surface area (Å²) in [6.07, 6.45) is 0. The lowest BCUT2D eigenvalue weighted by Crippen LogP contribution is -2.15. The molecule has 0 radical (unpaired) electrons. The predicted octanol–water partition coefficient (Wildman–Crippen LogP) is 0.120. The van der Waals surface area contributed by atoms with Crippen LogP contribution < -0.4 is 15.7 Å². The van der Waals surface area contributed by atoms with Crippen molar-refractivity contribution in [3.63, 3.8) is 0 Å². The first-order valence-electron chi connectivity index (χ1n) is 3.70. The average molecular weight is 167 g/mol. The number of methoxy groups -OCH3 is 1. The van der Waals surface area contributed by atoms with Gasteiger partial charge in [0, 0.05) is 5.69 Å². The quantitative estimate of drug-likeness (QED) is 0.501. The second kappa shape index (κ2) is 3.43. The van der Waals surface area contributed by atoms with Crippen molar-refractivity contribution in [1.29, 1.82) is 0 Å². The Morgan fingerprint density at radius 2 is 2.18 bits per heavy atom. The second-order valence-corrected chi connectivity index (χ2v) is 3.89. The fourth-order valence-electron chi connectivity index (χ4n) is 1.02. The van der Waals surface area contributed by atoms with Gasteiger partial charge in [0.15, 0.2) is 0 Å². The highest BCUT2D eigenvalue weighted by Gasteiger charge is 1.97. The Hall–Kier alpha value is -0.963. The zero-order valence-electron chi connectivity index (χ0n) is 6.92. The van der Waals surface area contributed by atoms with Crippen LogP contribution in [-0.4, -0.2) is 16.6 Å². The standard InChI is InChI=1S/C8H13NOSi/c1-10-6-3-4-7(9)8(5-6)11-2/h3-5H,9,11H2,1-2H3. The number of hydrogen-bond acceptors (Lipinski definition) is 2. The largest absolute Gasteiger partial charge is 0.497 e. The third-order valence-electron chi connectivity index (χ3n) is 1.73. The van der Waals surface area contributed by atoms with E-state index < -0.39 is 0 Å². The molecule has 3 heteroatoms. The van der Waals surface area contributed by atoms with Crippen LogP contribution in [-0.2, 0) is 0 Å². The zero-order valence-corrected chi connectivity index (χ0v) is 8.34. The summed E-state index contributed by atoms with van der Waals surface area (Å²) in [5.41, 5.74) is 6.64. The summed E-state index contributed by atoms with van der Waals surface area (Å²) >= 11 is 0. The van der Waals surface area contributed by atoms with Crippen LogP contribution >= 0.6 is 0 Å². The van der Waals surface area contributed by atoms with Crippen molar-refractivity contribution >= 4 is 20.4 Å². The van der Waals surface area contributed by atoms with E-state index in [-0.39, 0.29) is 9.52 Å². The van der Waals surface area contributed by atoms with Gasteiger partial charge in [-0.25, -0.2) is 0 Å². The van der Waals surface area contributed by atoms with Crippen molar-refractivity contribution in [2.24, 2.45) is 0 Å². The topological polar surface area (TPSA) is 35.2 Å². The molecule has 1 aromatic carbocycles. The minimum Gasteiger partial charge on any atom is -0.497 e. The molecule has 11 heavy (non-hydrogen) atoms. The molecule has 0 heterocycles. The number of nitrogens with two attached hydrogens (primary N) is 1. The van der Waals surface area contributed by atoms with Gasteiger partial charge in [-0.2, -0.15) is 0 Å². The molecule has 0 saturated heterocycles. The van der Waals surface area contributed by atoms with Gasteiger partial charge >= 0.3 is 0 Å². The van der Waals surface area contributed by atoms with Gasteiger partial charge in [-0.3, -0.25) is 0 Å². The SMILES string of the molecule is COc1ccc(N)c([SiH2]C)c1. The van der Waals surface area contributed by atoms with Crippen LogP contribution in [0.3, 0.4) is 0 Å². The molecule has 2 N–H and O–H groups in total. The monoisotopic (exact) mass is 167 g/mol. The summed E-state index contributed by atoms with van der Waals surface area (Å²) in [5, 5.41) is 1.28. The van der Waals surface area contributed by atoms with Gasteiger partial charge in [-0.1, -0.05) is 6.55 Å². The summed E-state index contributed by atoms with van der Waals surface area (Å²) < 4.78 is 5.08. The number of benzene rings is 1. The van der Waals surface area contributed by atoms with Crippen molar-refractivity contribution in [3.8, 4) is 5.75 Å². The molecule has 0 atom stereocenters. The maximum Gasteiger partial charge on any atom is 0.118 e. The van der Waals surface area contributed by atoms with Crippen molar-refractivity contribution in [3.05, 3.63) is 18.2 Å². The van der Waals surface area contributed by atoms with E-state index in [2.05, 4.69) is 6.55 Å². The summed E-state index contributed by atoms with van der Waals surface area (Å²) in [6.45, 7) is 2.21. The molecule has 0 aliphatic carbocycles. The highest BCUT2D eigenvalue weighted by molar-refractivity contribution is 6.54. The first-order chi connectivity index (χ1) is 5.27. The van der Waals surface area contributed by atoms with Crippen LogP contribution in [0.25, 0.3) is 0 Å². The fourth-order valence-corrected chi connectivity index (χ4v) is 1.95. The number of hydrogen-bond donors (Lipinski definition) is 1. The maximum atomic E-state index is 5.73. The third kappa shape index (κ3) is 1.74. The smallest absolute Gasteiger partial charge is 0.118 e. The Bertz CT molecular complexity index is 250. The van der Waals surface area contributed by atoms with Gasteiger partial charge in [0.2, 0.25) is 0 Å². The molecular weight excluding hydrogens is 154 g/mol. The molecule has 0 fully saturated rings. The fraction of sp³-hybridized carbons (Fsp3) is 0.250. The van der Waals surface area contributed by atoms with Crippen LogP contribution in [0.15, 0.2) is 18.2 Å². The van der Waals surface area contributed by atoms with Crippen LogP contribution in [0.1, 0.15) is 0 Å². The minimum absolute atomic E-state index is 0.173. The lowest BCUT2D eigenvalue weighted by Gasteiger charge is -2.04. The Morgan fingerprint density at radius 3 is 2.73 bits per heavy atom. The van der Waals surface area contributed by atoms with E-state index in [1.165, 1.54) is 5.19 Å². The van der Waals surface area contributed by atoms with Gasteiger partial charge in [0.05, 0.1) is 16.6 Å². The van der Waals surface area contributed by atoms with Crippen molar-refractivity contribution < 1.29 is 4.74 Å². The number of rotatable bonds is 2. The molecular formula is C8H13NOSi. The van der Waals surface area contributed by atoms with Crippen molar-refractivity contribution in [2.75, 3.05) is 12.8 Å². The Morgan fingerprint density at radius 1 is 1.45 bits per heavy atom. The molecule has 0 unspecified atom stereocenters. The van der Waals surface area contributed by atoms with E-state index in [4.69, 9.17) is 10.5 Å². The van der Waals surface area contributed by atoms with Crippen LogP contribution in [0.4, 0.5) is 5.69 Å². The van der Waals surface area contributed by atoms with E-state index in [1.54, 1.807) is 7.11 Å². The van der Waals surface area contributed by atoms with Crippen molar-refractivity contribution in [2.45, 2.75) is 6.55 Å². The van der Waals surface area contributed by atoms with Gasteiger partial charge in [-0.15, -0.1) is 0 Å². The Labute approximate surface area is 69.2 Å². The summed E-state index contributed by atoms with van der Waals surface area (Å²) in [7, 11) is 1.50. The maximum absolute atomic E-state index is 5.73. The molecule has 0 saturated carbocycles. The lowest BCUT2D eigenvalue weighted by molar-refractivity contribution is 0.415. The highest BCUT2D eigenvalue weighted by Crippen LogP contribution is 2.09. The predicted molar refractivity (Wildman–Crippen MR) is 51.4 cm³/mol. The molecule has 0 amide bonds. The summed E-state index contributed by atoms with van der Waals surface area (Å²) in [5.74, 6) is 0.906. The molecule has 0 aliphatic rings. The molecule has 0 aromatic heterocycles. The Balaban J connectivity index is 3.02. The molecule has 0 bridgehead atoms. The first kappa shape index (κ1) is 8.14. The van der Waals surface area contributed by atoms with E-state index in [0.29, 0.717) is 0 Å². The van der Waals surface area contributed by atoms with E-state index in [1.807, 2.05) is 18.2 Å².